The Bertz CT molecular complexity index is 351. The summed E-state index contributed by atoms with van der Waals surface area (Å²) < 4.78 is 0. The molecule has 1 aliphatic rings. The first kappa shape index (κ1) is 13.4. The van der Waals surface area contributed by atoms with Crippen LogP contribution in [0.1, 0.15) is 49.2 Å². The second-order valence-corrected chi connectivity index (χ2v) is 6.94. The van der Waals surface area contributed by atoms with Crippen LogP contribution < -0.4 is 5.32 Å². The van der Waals surface area contributed by atoms with Gasteiger partial charge in [-0.05, 0) is 39.4 Å². The first-order chi connectivity index (χ1) is 8.20. The highest BCUT2D eigenvalue weighted by Gasteiger charge is 2.23. The Kier molecular flexibility index (Phi) is 4.88. The van der Waals surface area contributed by atoms with E-state index in [1.807, 2.05) is 17.3 Å². The molecule has 1 saturated carbocycles. The second-order valence-electron chi connectivity index (χ2n) is 4.91. The molecule has 17 heavy (non-hydrogen) atoms. The average Bonchev–Trinajstić information content (AvgIpc) is 2.76. The molecular formula is C13H22N2S2. The fraction of sp³-hybridized carbons (Fsp3) is 0.769. The molecule has 0 radical (unpaired) electrons. The van der Waals surface area contributed by atoms with E-state index in [0.29, 0.717) is 12.1 Å². The van der Waals surface area contributed by atoms with Gasteiger partial charge in [-0.3, -0.25) is 0 Å². The predicted octanol–water partition coefficient (Wildman–Crippen LogP) is 3.78. The highest BCUT2D eigenvalue weighted by molar-refractivity contribution is 7.99. The molecule has 2 rings (SSSR count). The van der Waals surface area contributed by atoms with Crippen molar-refractivity contribution in [3.8, 4) is 0 Å². The summed E-state index contributed by atoms with van der Waals surface area (Å²) in [6.07, 6.45) is 7.66. The van der Waals surface area contributed by atoms with Crippen LogP contribution in [0, 0.1) is 6.92 Å². The van der Waals surface area contributed by atoms with Gasteiger partial charge >= 0.3 is 0 Å². The topological polar surface area (TPSA) is 24.9 Å². The third-order valence-corrected chi connectivity index (χ3v) is 5.83. The molecule has 2 nitrogen and oxygen atoms in total. The molecule has 1 aromatic heterocycles. The van der Waals surface area contributed by atoms with E-state index in [1.165, 1.54) is 36.3 Å². The molecule has 0 spiro atoms. The highest BCUT2D eigenvalue weighted by Crippen LogP contribution is 2.29. The van der Waals surface area contributed by atoms with Gasteiger partial charge in [0.15, 0.2) is 0 Å². The van der Waals surface area contributed by atoms with E-state index in [9.17, 15) is 0 Å². The van der Waals surface area contributed by atoms with Gasteiger partial charge in [0, 0.05) is 22.2 Å². The molecule has 96 valence electrons. The number of thioether (sulfide) groups is 1. The summed E-state index contributed by atoms with van der Waals surface area (Å²) in [5.74, 6) is 0. The molecule has 1 heterocycles. The maximum absolute atomic E-state index is 4.34. The number of hydrogen-bond donors (Lipinski definition) is 1. The van der Waals surface area contributed by atoms with Gasteiger partial charge in [-0.2, -0.15) is 11.8 Å². The van der Waals surface area contributed by atoms with E-state index in [1.54, 1.807) is 11.3 Å². The minimum atomic E-state index is 0.452. The van der Waals surface area contributed by atoms with Gasteiger partial charge in [-0.15, -0.1) is 11.3 Å². The first-order valence-corrected chi connectivity index (χ1v) is 8.56. The SMILES string of the molecule is CSC1CCCC(NC(C)c2scnc2C)C1. The van der Waals surface area contributed by atoms with E-state index in [2.05, 4.69) is 30.4 Å². The fourth-order valence-electron chi connectivity index (χ4n) is 2.67. The first-order valence-electron chi connectivity index (χ1n) is 6.39. The molecule has 1 fully saturated rings. The summed E-state index contributed by atoms with van der Waals surface area (Å²) in [4.78, 5) is 5.74. The normalized spacial score (nSPS) is 27.0. The standard InChI is InChI=1S/C13H22N2S2/c1-9-13(17-8-14-9)10(2)15-11-5-4-6-12(7-11)16-3/h8,10-12,15H,4-7H2,1-3H3. The van der Waals surface area contributed by atoms with Gasteiger partial charge in [0.2, 0.25) is 0 Å². The number of nitrogens with zero attached hydrogens (tertiary/aromatic N) is 1. The molecular weight excluding hydrogens is 248 g/mol. The zero-order valence-corrected chi connectivity index (χ0v) is 12.5. The van der Waals surface area contributed by atoms with E-state index in [0.717, 1.165) is 5.25 Å². The van der Waals surface area contributed by atoms with Gasteiger partial charge in [0.25, 0.3) is 0 Å². The third-order valence-electron chi connectivity index (χ3n) is 3.62. The van der Waals surface area contributed by atoms with E-state index in [-0.39, 0.29) is 0 Å². The van der Waals surface area contributed by atoms with Crippen molar-refractivity contribution in [3.05, 3.63) is 16.1 Å². The Morgan fingerprint density at radius 3 is 3.00 bits per heavy atom. The van der Waals surface area contributed by atoms with E-state index < -0.39 is 0 Å². The molecule has 0 bridgehead atoms. The Balaban J connectivity index is 1.90. The van der Waals surface area contributed by atoms with Crippen molar-refractivity contribution in [3.63, 3.8) is 0 Å². The van der Waals surface area contributed by atoms with Crippen LogP contribution in [0.25, 0.3) is 0 Å². The third kappa shape index (κ3) is 3.46. The lowest BCUT2D eigenvalue weighted by Gasteiger charge is -2.31. The summed E-state index contributed by atoms with van der Waals surface area (Å²) in [5.41, 5.74) is 3.14. The van der Waals surface area contributed by atoms with Gasteiger partial charge in [0.1, 0.15) is 0 Å². The average molecular weight is 270 g/mol. The molecule has 3 atom stereocenters. The molecule has 0 saturated heterocycles. The van der Waals surface area contributed by atoms with Crippen LogP contribution in [0.5, 0.6) is 0 Å². The maximum atomic E-state index is 4.34. The summed E-state index contributed by atoms with van der Waals surface area (Å²) in [7, 11) is 0. The smallest absolute Gasteiger partial charge is 0.0798 e. The minimum Gasteiger partial charge on any atom is -0.307 e. The van der Waals surface area contributed by atoms with Crippen LogP contribution >= 0.6 is 23.1 Å². The molecule has 3 unspecified atom stereocenters. The van der Waals surface area contributed by atoms with Gasteiger partial charge in [0.05, 0.1) is 11.2 Å². The Morgan fingerprint density at radius 1 is 1.53 bits per heavy atom. The Labute approximate surface area is 113 Å². The van der Waals surface area contributed by atoms with Crippen LogP contribution in [-0.4, -0.2) is 22.5 Å². The molecule has 0 amide bonds. The van der Waals surface area contributed by atoms with Gasteiger partial charge in [-0.1, -0.05) is 6.42 Å². The molecule has 0 aliphatic heterocycles. The fourth-order valence-corrected chi connectivity index (χ4v) is 4.31. The van der Waals surface area contributed by atoms with Crippen molar-refractivity contribution in [2.45, 2.75) is 56.9 Å². The molecule has 0 aromatic carbocycles. The quantitative estimate of drug-likeness (QED) is 0.901. The van der Waals surface area contributed by atoms with Crippen molar-refractivity contribution >= 4 is 23.1 Å². The van der Waals surface area contributed by atoms with E-state index in [4.69, 9.17) is 0 Å². The van der Waals surface area contributed by atoms with Crippen LogP contribution in [0.15, 0.2) is 5.51 Å². The lowest BCUT2D eigenvalue weighted by Crippen LogP contribution is -2.36. The molecule has 1 aliphatic carbocycles. The van der Waals surface area contributed by atoms with Crippen molar-refractivity contribution in [2.24, 2.45) is 0 Å². The van der Waals surface area contributed by atoms with Crippen LogP contribution in [0.4, 0.5) is 0 Å². The van der Waals surface area contributed by atoms with Gasteiger partial charge in [-0.25, -0.2) is 4.98 Å². The van der Waals surface area contributed by atoms with Crippen LogP contribution in [0.3, 0.4) is 0 Å². The lowest BCUT2D eigenvalue weighted by molar-refractivity contribution is 0.354. The number of aromatic nitrogens is 1. The molecule has 1 aromatic rings. The van der Waals surface area contributed by atoms with Crippen LogP contribution in [-0.2, 0) is 0 Å². The predicted molar refractivity (Wildman–Crippen MR) is 78.0 cm³/mol. The number of nitrogens with one attached hydrogen (secondary N) is 1. The monoisotopic (exact) mass is 270 g/mol. The number of thiazole rings is 1. The number of hydrogen-bond acceptors (Lipinski definition) is 4. The minimum absolute atomic E-state index is 0.452. The summed E-state index contributed by atoms with van der Waals surface area (Å²) >= 11 is 3.80. The number of rotatable bonds is 4. The van der Waals surface area contributed by atoms with Gasteiger partial charge < -0.3 is 5.32 Å². The molecule has 4 heteroatoms. The zero-order chi connectivity index (χ0) is 12.3. The van der Waals surface area contributed by atoms with Crippen molar-refractivity contribution < 1.29 is 0 Å². The van der Waals surface area contributed by atoms with E-state index >= 15 is 0 Å². The molecule has 1 N–H and O–H groups in total. The summed E-state index contributed by atoms with van der Waals surface area (Å²) in [6.45, 7) is 4.37. The summed E-state index contributed by atoms with van der Waals surface area (Å²) in [6, 6.07) is 1.14. The highest BCUT2D eigenvalue weighted by atomic mass is 32.2. The Morgan fingerprint density at radius 2 is 2.35 bits per heavy atom. The lowest BCUT2D eigenvalue weighted by atomic mass is 9.94. The summed E-state index contributed by atoms with van der Waals surface area (Å²) in [5, 5.41) is 4.64. The zero-order valence-electron chi connectivity index (χ0n) is 10.9. The van der Waals surface area contributed by atoms with Crippen molar-refractivity contribution in [1.82, 2.24) is 10.3 Å². The Hall–Kier alpha value is -0.0600. The van der Waals surface area contributed by atoms with Crippen molar-refractivity contribution in [1.29, 1.82) is 0 Å². The van der Waals surface area contributed by atoms with Crippen molar-refractivity contribution in [2.75, 3.05) is 6.26 Å². The van der Waals surface area contributed by atoms with Crippen LogP contribution in [0.2, 0.25) is 0 Å². The second kappa shape index (κ2) is 6.21. The number of aryl methyl sites for hydroxylation is 1. The maximum Gasteiger partial charge on any atom is 0.0798 e. The largest absolute Gasteiger partial charge is 0.307 e.